The Hall–Kier alpha value is -3.96. The Labute approximate surface area is 301 Å². The van der Waals surface area contributed by atoms with Crippen LogP contribution >= 0.6 is 0 Å². The van der Waals surface area contributed by atoms with Crippen molar-refractivity contribution in [2.24, 2.45) is 40.2 Å². The van der Waals surface area contributed by atoms with Crippen LogP contribution in [0.5, 0.6) is 5.75 Å². The minimum absolute atomic E-state index is 0.0343. The molecule has 4 aliphatic rings. The number of piperidine rings is 1. The van der Waals surface area contributed by atoms with Gasteiger partial charge < -0.3 is 30.7 Å². The van der Waals surface area contributed by atoms with Gasteiger partial charge in [0.1, 0.15) is 23.9 Å². The van der Waals surface area contributed by atoms with Gasteiger partial charge in [-0.15, -0.1) is 0 Å². The number of primary amides is 1. The van der Waals surface area contributed by atoms with Crippen molar-refractivity contribution < 1.29 is 38.2 Å². The quantitative estimate of drug-likeness (QED) is 0.188. The summed E-state index contributed by atoms with van der Waals surface area (Å²) < 4.78 is 10.9. The summed E-state index contributed by atoms with van der Waals surface area (Å²) in [7, 11) is 1.58. The van der Waals surface area contributed by atoms with E-state index in [0.29, 0.717) is 31.6 Å². The van der Waals surface area contributed by atoms with Crippen molar-refractivity contribution in [2.45, 2.75) is 123 Å². The summed E-state index contributed by atoms with van der Waals surface area (Å²) in [4.78, 5) is 82.4. The second-order valence-electron chi connectivity index (χ2n) is 17.0. The lowest BCUT2D eigenvalue weighted by atomic mass is 9.76. The van der Waals surface area contributed by atoms with Crippen molar-refractivity contribution in [3.63, 3.8) is 0 Å². The second kappa shape index (κ2) is 14.9. The molecular weight excluding hydrogens is 652 g/mol. The molecule has 1 aliphatic heterocycles. The van der Waals surface area contributed by atoms with Gasteiger partial charge in [-0.2, -0.15) is 0 Å². The van der Waals surface area contributed by atoms with Gasteiger partial charge in [-0.3, -0.25) is 19.2 Å². The molecule has 4 fully saturated rings. The number of urea groups is 1. The number of Topliss-reactive ketones (excluding diaryl/α,β-unsaturated/α-hetero) is 2. The van der Waals surface area contributed by atoms with Crippen LogP contribution in [0.3, 0.4) is 0 Å². The molecule has 0 spiro atoms. The first-order valence-corrected chi connectivity index (χ1v) is 18.5. The second-order valence-corrected chi connectivity index (χ2v) is 17.0. The van der Waals surface area contributed by atoms with Crippen molar-refractivity contribution in [1.82, 2.24) is 15.5 Å². The van der Waals surface area contributed by atoms with E-state index >= 15 is 0 Å². The van der Waals surface area contributed by atoms with Gasteiger partial charge in [0, 0.05) is 18.9 Å². The van der Waals surface area contributed by atoms with Crippen LogP contribution in [0.1, 0.15) is 104 Å². The number of rotatable bonds is 14. The number of likely N-dealkylation sites (tertiary alicyclic amines) is 1. The molecule has 1 heterocycles. The van der Waals surface area contributed by atoms with E-state index in [1.54, 1.807) is 24.1 Å². The van der Waals surface area contributed by atoms with Crippen molar-refractivity contribution in [2.75, 3.05) is 13.7 Å². The highest BCUT2D eigenvalue weighted by molar-refractivity contribution is 6.36. The average molecular weight is 709 g/mol. The molecule has 3 saturated carbocycles. The van der Waals surface area contributed by atoms with Gasteiger partial charge in [0.15, 0.2) is 5.78 Å². The van der Waals surface area contributed by atoms with E-state index in [0.717, 1.165) is 44.1 Å². The normalized spacial score (nSPS) is 24.6. The van der Waals surface area contributed by atoms with Gasteiger partial charge in [0.2, 0.25) is 11.7 Å². The molecule has 1 saturated heterocycles. The molecule has 4 amide bonds. The van der Waals surface area contributed by atoms with Crippen molar-refractivity contribution in [1.29, 1.82) is 0 Å². The lowest BCUT2D eigenvalue weighted by Crippen LogP contribution is -2.63. The van der Waals surface area contributed by atoms with Crippen LogP contribution in [0.4, 0.5) is 4.79 Å². The largest absolute Gasteiger partial charge is 0.497 e. The van der Waals surface area contributed by atoms with E-state index < -0.39 is 58.6 Å². The zero-order chi connectivity index (χ0) is 37.3. The van der Waals surface area contributed by atoms with E-state index in [-0.39, 0.29) is 42.0 Å². The molecule has 0 bridgehead atoms. The summed E-state index contributed by atoms with van der Waals surface area (Å²) in [6.45, 7) is 10.1. The van der Waals surface area contributed by atoms with Crippen LogP contribution in [-0.4, -0.2) is 71.6 Å². The van der Waals surface area contributed by atoms with Crippen LogP contribution in [0.25, 0.3) is 0 Å². The number of nitrogens with zero attached hydrogens (tertiary/aromatic N) is 1. The highest BCUT2D eigenvalue weighted by Gasteiger charge is 2.69. The minimum Gasteiger partial charge on any atom is -0.497 e. The summed E-state index contributed by atoms with van der Waals surface area (Å²) >= 11 is 0. The third kappa shape index (κ3) is 8.25. The maximum atomic E-state index is 14.5. The molecule has 0 radical (unpaired) electrons. The number of fused-ring (bicyclic) bond motifs is 1. The first kappa shape index (κ1) is 38.3. The minimum atomic E-state index is -1.25. The number of hydrogen-bond acceptors (Lipinski definition) is 8. The van der Waals surface area contributed by atoms with Crippen molar-refractivity contribution >= 4 is 35.4 Å². The number of benzene rings is 1. The van der Waals surface area contributed by atoms with Crippen molar-refractivity contribution in [3.05, 3.63) is 29.8 Å². The molecule has 12 heteroatoms. The molecule has 280 valence electrons. The standard InChI is InChI=1S/C39H56N4O8/c1-37(2,3)32(41-36(49)42-39(17-8-7-9-18-39)35(48)51-22-24-13-15-26(50-6)16-14-24)34(47)43-21-27-29(38(27,4)5)30(43)28(44)20-25(31(45)33(40)46)19-23-11-10-12-23/h13-16,23,25,27,29-30,32H,7-12,17-22H2,1-6H3,(H2,40,46)(H2,41,42,49)/t25?,27-,29-,30+,32+/m0/s1. The number of carbonyl (C=O) groups is 6. The Bertz CT molecular complexity index is 1510. The molecule has 0 aromatic heterocycles. The fourth-order valence-corrected chi connectivity index (χ4v) is 8.60. The fraction of sp³-hybridized carbons (Fsp3) is 0.692. The van der Waals surface area contributed by atoms with Crippen LogP contribution < -0.4 is 21.1 Å². The van der Waals surface area contributed by atoms with Gasteiger partial charge in [-0.1, -0.05) is 85.3 Å². The number of methoxy groups -OCH3 is 1. The van der Waals surface area contributed by atoms with E-state index in [1.807, 2.05) is 32.9 Å². The van der Waals surface area contributed by atoms with E-state index in [1.165, 1.54) is 0 Å². The topological polar surface area (TPSA) is 174 Å². The number of esters is 1. The Kier molecular flexibility index (Phi) is 11.2. The van der Waals surface area contributed by atoms with Crippen LogP contribution in [0, 0.1) is 34.5 Å². The Morgan fingerprint density at radius 1 is 0.980 bits per heavy atom. The lowest BCUT2D eigenvalue weighted by Gasteiger charge is -2.39. The van der Waals surface area contributed by atoms with Gasteiger partial charge in [-0.25, -0.2) is 9.59 Å². The molecule has 51 heavy (non-hydrogen) atoms. The average Bonchev–Trinajstić information content (AvgIpc) is 3.37. The van der Waals surface area contributed by atoms with Crippen molar-refractivity contribution in [3.8, 4) is 5.75 Å². The molecular formula is C39H56N4O8. The molecule has 1 aromatic carbocycles. The van der Waals surface area contributed by atoms with Crippen LogP contribution in [0.2, 0.25) is 0 Å². The van der Waals surface area contributed by atoms with E-state index in [9.17, 15) is 28.8 Å². The first-order valence-electron chi connectivity index (χ1n) is 18.5. The van der Waals surface area contributed by atoms with Gasteiger partial charge in [0.25, 0.3) is 5.91 Å². The lowest BCUT2D eigenvalue weighted by molar-refractivity contribution is -0.154. The molecule has 3 aliphatic carbocycles. The molecule has 12 nitrogen and oxygen atoms in total. The fourth-order valence-electron chi connectivity index (χ4n) is 8.60. The molecule has 5 rings (SSSR count). The van der Waals surface area contributed by atoms with Gasteiger partial charge >= 0.3 is 12.0 Å². The van der Waals surface area contributed by atoms with Crippen LogP contribution in [-0.2, 0) is 35.3 Å². The maximum Gasteiger partial charge on any atom is 0.332 e. The SMILES string of the molecule is COc1ccc(COC(=O)C2(NC(=O)N[C@H](C(=O)N3C[C@H]4[C@@H]([C@H]3C(=O)CC(CC3CCC3)C(=O)C(N)=O)C4(C)C)C(C)(C)C)CCCCC2)cc1. The number of carbonyl (C=O) groups excluding carboxylic acids is 6. The number of hydrogen-bond donors (Lipinski definition) is 3. The predicted molar refractivity (Wildman–Crippen MR) is 189 cm³/mol. The summed E-state index contributed by atoms with van der Waals surface area (Å²) in [5, 5.41) is 5.80. The highest BCUT2D eigenvalue weighted by atomic mass is 16.5. The summed E-state index contributed by atoms with van der Waals surface area (Å²) in [6.07, 6.45) is 6.44. The first-order chi connectivity index (χ1) is 24.0. The summed E-state index contributed by atoms with van der Waals surface area (Å²) in [5.74, 6) is -2.80. The predicted octanol–water partition coefficient (Wildman–Crippen LogP) is 4.46. The van der Waals surface area contributed by atoms with Gasteiger partial charge in [0.05, 0.1) is 13.2 Å². The number of ether oxygens (including phenoxy) is 2. The maximum absolute atomic E-state index is 14.5. The molecule has 5 atom stereocenters. The molecule has 1 aromatic rings. The number of nitrogens with two attached hydrogens (primary N) is 1. The smallest absolute Gasteiger partial charge is 0.332 e. The summed E-state index contributed by atoms with van der Waals surface area (Å²) in [6, 6.07) is 4.72. The Morgan fingerprint density at radius 2 is 1.63 bits per heavy atom. The number of amides is 4. The monoisotopic (exact) mass is 708 g/mol. The third-order valence-electron chi connectivity index (χ3n) is 12.1. The van der Waals surface area contributed by atoms with E-state index in [4.69, 9.17) is 15.2 Å². The zero-order valence-corrected chi connectivity index (χ0v) is 31.0. The Balaban J connectivity index is 1.30. The van der Waals surface area contributed by atoms with E-state index in [2.05, 4.69) is 24.5 Å². The number of ketones is 2. The zero-order valence-electron chi connectivity index (χ0n) is 31.0. The van der Waals surface area contributed by atoms with Crippen LogP contribution in [0.15, 0.2) is 24.3 Å². The summed E-state index contributed by atoms with van der Waals surface area (Å²) in [5.41, 5.74) is 4.00. The number of nitrogens with one attached hydrogen (secondary N) is 2. The molecule has 4 N–H and O–H groups in total. The molecule has 1 unspecified atom stereocenters. The highest BCUT2D eigenvalue weighted by Crippen LogP contribution is 2.65. The van der Waals surface area contributed by atoms with Gasteiger partial charge in [-0.05, 0) is 65.5 Å². The third-order valence-corrected chi connectivity index (χ3v) is 12.1. The Morgan fingerprint density at radius 3 is 2.18 bits per heavy atom.